The van der Waals surface area contributed by atoms with Gasteiger partial charge in [-0.1, -0.05) is 24.3 Å². The standard InChI is InChI=1S/C12H16N4O2/c13-9(5-6-17)11(18)10(14)7-1-3-8(4-2-7)12(15)16/h1-4,6,9-10H,5,13-14H2,(H3,15,16). The van der Waals surface area contributed by atoms with E-state index < -0.39 is 17.9 Å². The minimum atomic E-state index is -0.884. The Morgan fingerprint density at radius 3 is 2.28 bits per heavy atom. The highest BCUT2D eigenvalue weighted by Gasteiger charge is 2.22. The van der Waals surface area contributed by atoms with E-state index in [4.69, 9.17) is 22.6 Å². The molecule has 7 N–H and O–H groups in total. The summed E-state index contributed by atoms with van der Waals surface area (Å²) in [4.78, 5) is 22.1. The molecule has 0 aliphatic heterocycles. The fourth-order valence-electron chi connectivity index (χ4n) is 1.48. The van der Waals surface area contributed by atoms with Gasteiger partial charge in [0, 0.05) is 12.0 Å². The van der Waals surface area contributed by atoms with Crippen LogP contribution in [0.25, 0.3) is 0 Å². The summed E-state index contributed by atoms with van der Waals surface area (Å²) in [6.07, 6.45) is 0.548. The monoisotopic (exact) mass is 248 g/mol. The van der Waals surface area contributed by atoms with Crippen LogP contribution in [-0.2, 0) is 9.59 Å². The maximum atomic E-state index is 11.8. The Hall–Kier alpha value is -2.05. The number of hydrogen-bond donors (Lipinski definition) is 4. The maximum absolute atomic E-state index is 11.8. The van der Waals surface area contributed by atoms with E-state index in [1.54, 1.807) is 24.3 Å². The van der Waals surface area contributed by atoms with Crippen molar-refractivity contribution in [2.45, 2.75) is 18.5 Å². The molecule has 0 spiro atoms. The number of nitrogen functional groups attached to an aromatic ring is 1. The van der Waals surface area contributed by atoms with Gasteiger partial charge in [-0.2, -0.15) is 0 Å². The fourth-order valence-corrected chi connectivity index (χ4v) is 1.48. The number of carbonyl (C=O) groups is 2. The molecule has 0 fully saturated rings. The van der Waals surface area contributed by atoms with Gasteiger partial charge in [-0.3, -0.25) is 10.2 Å². The third-order valence-electron chi connectivity index (χ3n) is 2.60. The van der Waals surface area contributed by atoms with Crippen LogP contribution in [0.15, 0.2) is 24.3 Å². The third kappa shape index (κ3) is 3.22. The van der Waals surface area contributed by atoms with Crippen molar-refractivity contribution < 1.29 is 9.59 Å². The smallest absolute Gasteiger partial charge is 0.171 e. The molecule has 96 valence electrons. The molecule has 0 amide bonds. The second kappa shape index (κ2) is 6.04. The summed E-state index contributed by atoms with van der Waals surface area (Å²) in [5, 5.41) is 7.24. The summed E-state index contributed by atoms with van der Waals surface area (Å²) >= 11 is 0. The number of nitrogens with two attached hydrogens (primary N) is 3. The highest BCUT2D eigenvalue weighted by Crippen LogP contribution is 2.14. The zero-order valence-electron chi connectivity index (χ0n) is 9.80. The van der Waals surface area contributed by atoms with Crippen LogP contribution in [0.2, 0.25) is 0 Å². The Morgan fingerprint density at radius 1 is 1.28 bits per heavy atom. The fraction of sp³-hybridized carbons (Fsp3) is 0.250. The molecule has 0 aliphatic rings. The molecule has 6 heteroatoms. The Morgan fingerprint density at radius 2 is 1.83 bits per heavy atom. The molecule has 0 aromatic heterocycles. The number of aldehydes is 1. The van der Waals surface area contributed by atoms with Crippen LogP contribution in [0.1, 0.15) is 23.6 Å². The van der Waals surface area contributed by atoms with E-state index in [2.05, 4.69) is 0 Å². The normalized spacial score (nSPS) is 13.7. The number of hydrogen-bond acceptors (Lipinski definition) is 5. The Bertz CT molecular complexity index is 456. The lowest BCUT2D eigenvalue weighted by molar-refractivity contribution is -0.123. The second-order valence-corrected chi connectivity index (χ2v) is 3.92. The lowest BCUT2D eigenvalue weighted by Crippen LogP contribution is -2.38. The molecule has 1 rings (SSSR count). The summed E-state index contributed by atoms with van der Waals surface area (Å²) in [7, 11) is 0. The number of ketones is 1. The number of Topliss-reactive ketones (excluding diaryl/α,β-unsaturated/α-hetero) is 1. The van der Waals surface area contributed by atoms with Gasteiger partial charge in [0.05, 0.1) is 12.1 Å². The van der Waals surface area contributed by atoms with Gasteiger partial charge in [0.15, 0.2) is 5.78 Å². The van der Waals surface area contributed by atoms with Crippen molar-refractivity contribution in [3.8, 4) is 0 Å². The first-order valence-corrected chi connectivity index (χ1v) is 5.40. The summed E-state index contributed by atoms with van der Waals surface area (Å²) < 4.78 is 0. The first-order chi connectivity index (χ1) is 8.47. The van der Waals surface area contributed by atoms with E-state index in [0.717, 1.165) is 0 Å². The third-order valence-corrected chi connectivity index (χ3v) is 2.60. The van der Waals surface area contributed by atoms with E-state index in [9.17, 15) is 9.59 Å². The summed E-state index contributed by atoms with van der Waals surface area (Å²) in [5.74, 6) is -0.447. The maximum Gasteiger partial charge on any atom is 0.171 e. The van der Waals surface area contributed by atoms with Crippen molar-refractivity contribution in [2.24, 2.45) is 17.2 Å². The molecule has 0 radical (unpaired) electrons. The zero-order chi connectivity index (χ0) is 13.7. The van der Waals surface area contributed by atoms with Gasteiger partial charge in [0.25, 0.3) is 0 Å². The van der Waals surface area contributed by atoms with Gasteiger partial charge in [-0.15, -0.1) is 0 Å². The van der Waals surface area contributed by atoms with Crippen LogP contribution in [-0.4, -0.2) is 23.9 Å². The number of benzene rings is 1. The largest absolute Gasteiger partial charge is 0.384 e. The molecule has 0 saturated heterocycles. The van der Waals surface area contributed by atoms with Crippen LogP contribution >= 0.6 is 0 Å². The van der Waals surface area contributed by atoms with E-state index in [0.29, 0.717) is 17.4 Å². The number of carbonyl (C=O) groups excluding carboxylic acids is 2. The van der Waals surface area contributed by atoms with Gasteiger partial charge in [-0.25, -0.2) is 0 Å². The number of nitrogens with one attached hydrogen (secondary N) is 1. The van der Waals surface area contributed by atoms with Crippen LogP contribution < -0.4 is 17.2 Å². The van der Waals surface area contributed by atoms with Crippen LogP contribution in [0.5, 0.6) is 0 Å². The molecule has 0 bridgehead atoms. The average molecular weight is 248 g/mol. The lowest BCUT2D eigenvalue weighted by atomic mass is 9.97. The van der Waals surface area contributed by atoms with Gasteiger partial charge in [0.2, 0.25) is 0 Å². The summed E-state index contributed by atoms with van der Waals surface area (Å²) in [5.41, 5.74) is 17.7. The Labute approximate surface area is 105 Å². The summed E-state index contributed by atoms with van der Waals surface area (Å²) in [6, 6.07) is 4.69. The van der Waals surface area contributed by atoms with E-state index >= 15 is 0 Å². The van der Waals surface area contributed by atoms with Crippen molar-refractivity contribution >= 4 is 17.9 Å². The predicted octanol–water partition coefficient (Wildman–Crippen LogP) is -0.544. The summed E-state index contributed by atoms with van der Waals surface area (Å²) in [6.45, 7) is 0. The van der Waals surface area contributed by atoms with Crippen molar-refractivity contribution in [1.29, 1.82) is 5.41 Å². The molecule has 2 unspecified atom stereocenters. The average Bonchev–Trinajstić information content (AvgIpc) is 2.37. The highest BCUT2D eigenvalue weighted by molar-refractivity contribution is 5.95. The van der Waals surface area contributed by atoms with Gasteiger partial charge in [0.1, 0.15) is 12.1 Å². The molecule has 0 aliphatic carbocycles. The number of rotatable bonds is 6. The molecule has 18 heavy (non-hydrogen) atoms. The molecular weight excluding hydrogens is 232 g/mol. The Balaban J connectivity index is 2.83. The lowest BCUT2D eigenvalue weighted by Gasteiger charge is -2.15. The molecule has 0 saturated carbocycles. The minimum absolute atomic E-state index is 0.0436. The van der Waals surface area contributed by atoms with E-state index in [-0.39, 0.29) is 12.3 Å². The first kappa shape index (κ1) is 14.0. The first-order valence-electron chi connectivity index (χ1n) is 5.40. The molecule has 6 nitrogen and oxygen atoms in total. The van der Waals surface area contributed by atoms with Gasteiger partial charge in [-0.05, 0) is 5.56 Å². The van der Waals surface area contributed by atoms with E-state index in [1.165, 1.54) is 0 Å². The molecular formula is C12H16N4O2. The topological polar surface area (TPSA) is 136 Å². The van der Waals surface area contributed by atoms with Gasteiger partial charge < -0.3 is 22.0 Å². The molecule has 0 heterocycles. The molecule has 1 aromatic carbocycles. The van der Waals surface area contributed by atoms with Crippen molar-refractivity contribution in [3.05, 3.63) is 35.4 Å². The van der Waals surface area contributed by atoms with Crippen molar-refractivity contribution in [3.63, 3.8) is 0 Å². The van der Waals surface area contributed by atoms with Crippen LogP contribution in [0.4, 0.5) is 0 Å². The predicted molar refractivity (Wildman–Crippen MR) is 68.0 cm³/mol. The van der Waals surface area contributed by atoms with Crippen molar-refractivity contribution in [1.82, 2.24) is 0 Å². The highest BCUT2D eigenvalue weighted by atomic mass is 16.1. The van der Waals surface area contributed by atoms with Gasteiger partial charge >= 0.3 is 0 Å². The zero-order valence-corrected chi connectivity index (χ0v) is 9.80. The minimum Gasteiger partial charge on any atom is -0.384 e. The van der Waals surface area contributed by atoms with E-state index in [1.807, 2.05) is 0 Å². The Kier molecular flexibility index (Phi) is 4.70. The number of amidine groups is 1. The SMILES string of the molecule is N=C(N)c1ccc(C(N)C(=O)C(N)CC=O)cc1. The molecule has 2 atom stereocenters. The van der Waals surface area contributed by atoms with Crippen molar-refractivity contribution in [2.75, 3.05) is 0 Å². The molecule has 1 aromatic rings. The quantitative estimate of drug-likeness (QED) is 0.304. The second-order valence-electron chi connectivity index (χ2n) is 3.92. The van der Waals surface area contributed by atoms with Crippen LogP contribution in [0.3, 0.4) is 0 Å². The van der Waals surface area contributed by atoms with Crippen LogP contribution in [0, 0.1) is 5.41 Å².